The molecular formula is H3AlB3N. The van der Waals surface area contributed by atoms with Gasteiger partial charge in [-0.3, -0.25) is 0 Å². The summed E-state index contributed by atoms with van der Waals surface area (Å²) in [4.78, 5) is 0. The monoisotopic (exact) mass is 77.0 g/mol. The van der Waals surface area contributed by atoms with Crippen LogP contribution in [0.5, 0.6) is 0 Å². The molecule has 0 atom stereocenters. The molecule has 0 rings (SSSR count). The van der Waals surface area contributed by atoms with Crippen LogP contribution in [0.15, 0.2) is 0 Å². The van der Waals surface area contributed by atoms with Crippen molar-refractivity contribution in [3.63, 3.8) is 0 Å². The van der Waals surface area contributed by atoms with Gasteiger partial charge in [0.1, 0.15) is 0 Å². The van der Waals surface area contributed by atoms with E-state index in [4.69, 9.17) is 0 Å². The van der Waals surface area contributed by atoms with Gasteiger partial charge in [-0.1, -0.05) is 0 Å². The minimum Gasteiger partial charge on any atom is -1.00 e. The molecule has 0 aromatic heterocycles. The van der Waals surface area contributed by atoms with Crippen molar-refractivity contribution in [3.05, 3.63) is 0 Å². The van der Waals surface area contributed by atoms with Crippen LogP contribution in [0.2, 0.25) is 0 Å². The summed E-state index contributed by atoms with van der Waals surface area (Å²) in [5.74, 6) is 0. The molecule has 12 radical (unpaired) electrons. The van der Waals surface area contributed by atoms with Crippen LogP contribution >= 0.6 is 0 Å². The van der Waals surface area contributed by atoms with Gasteiger partial charge in [0, 0.05) is 0 Å². The summed E-state index contributed by atoms with van der Waals surface area (Å²) in [6.07, 6.45) is 0. The van der Waals surface area contributed by atoms with Crippen molar-refractivity contribution in [1.29, 1.82) is 0 Å². The van der Waals surface area contributed by atoms with Gasteiger partial charge in [0.15, 0.2) is 0 Å². The van der Waals surface area contributed by atoms with E-state index in [2.05, 4.69) is 0 Å². The van der Waals surface area contributed by atoms with E-state index in [9.17, 15) is 0 Å². The maximum Gasteiger partial charge on any atom is 3.00 e. The molecule has 0 aromatic carbocycles. The van der Waals surface area contributed by atoms with Crippen molar-refractivity contribution >= 4 is 42.6 Å². The van der Waals surface area contributed by atoms with Crippen LogP contribution in [0.1, 0.15) is 0 Å². The molecule has 20 valence electrons. The fourth-order valence-electron chi connectivity index (χ4n) is 0. The van der Waals surface area contributed by atoms with Gasteiger partial charge >= 0.3 is 17.4 Å². The maximum atomic E-state index is 0. The van der Waals surface area contributed by atoms with Crippen LogP contribution in [0, 0.1) is 0 Å². The summed E-state index contributed by atoms with van der Waals surface area (Å²) >= 11 is 0. The van der Waals surface area contributed by atoms with E-state index < -0.39 is 0 Å². The molecule has 0 aliphatic carbocycles. The minimum atomic E-state index is 0. The fourth-order valence-corrected chi connectivity index (χ4v) is 0. The van der Waals surface area contributed by atoms with Crippen LogP contribution in [0.25, 0.3) is 0 Å². The second-order valence-electron chi connectivity index (χ2n) is 0. The SMILES string of the molecule is N.[Al+3].[B-].[B-].[B-]. The van der Waals surface area contributed by atoms with Gasteiger partial charge in [-0.05, 0) is 0 Å². The Labute approximate surface area is 49.3 Å². The molecule has 0 bridgehead atoms. The molecule has 0 aromatic rings. The molecule has 0 heterocycles. The van der Waals surface area contributed by atoms with Crippen molar-refractivity contribution in [2.24, 2.45) is 0 Å². The first kappa shape index (κ1) is 265. The third-order valence-corrected chi connectivity index (χ3v) is 0. The predicted octanol–water partition coefficient (Wildman–Crippen LogP) is -1.36. The normalized spacial score (nSPS) is 0. The summed E-state index contributed by atoms with van der Waals surface area (Å²) in [5.41, 5.74) is 0. The Morgan fingerprint density at radius 2 is 0.600 bits per heavy atom. The van der Waals surface area contributed by atoms with Crippen molar-refractivity contribution in [1.82, 2.24) is 6.15 Å². The quantitative estimate of drug-likeness (QED) is 0.355. The summed E-state index contributed by atoms with van der Waals surface area (Å²) < 4.78 is 0. The third kappa shape index (κ3) is 71.7. The smallest absolute Gasteiger partial charge is 1.00 e. The zero-order valence-electron chi connectivity index (χ0n) is 3.02. The van der Waals surface area contributed by atoms with E-state index >= 15 is 0 Å². The summed E-state index contributed by atoms with van der Waals surface area (Å²) in [5, 5.41) is 0. The molecule has 1 nitrogen and oxygen atoms in total. The summed E-state index contributed by atoms with van der Waals surface area (Å²) in [7, 11) is 0. The molecule has 5 heteroatoms. The van der Waals surface area contributed by atoms with Crippen molar-refractivity contribution < 1.29 is 0 Å². The first-order chi connectivity index (χ1) is 0. The topological polar surface area (TPSA) is 35.0 Å². The first-order valence-corrected chi connectivity index (χ1v) is 0. The summed E-state index contributed by atoms with van der Waals surface area (Å²) in [6.45, 7) is 0. The first-order valence-electron chi connectivity index (χ1n) is 0. The van der Waals surface area contributed by atoms with E-state index in [1.807, 2.05) is 0 Å². The Morgan fingerprint density at radius 3 is 0.600 bits per heavy atom. The van der Waals surface area contributed by atoms with Gasteiger partial charge in [0.05, 0.1) is 0 Å². The molecule has 0 unspecified atom stereocenters. The van der Waals surface area contributed by atoms with E-state index in [1.54, 1.807) is 0 Å². The second-order valence-corrected chi connectivity index (χ2v) is 0. The van der Waals surface area contributed by atoms with Gasteiger partial charge in [-0.15, -0.1) is 0 Å². The van der Waals surface area contributed by atoms with Gasteiger partial charge in [0.25, 0.3) is 0 Å². The van der Waals surface area contributed by atoms with Crippen LogP contribution in [-0.4, -0.2) is 42.6 Å². The zero-order valence-corrected chi connectivity index (χ0v) is 4.17. The molecule has 5 heavy (non-hydrogen) atoms. The molecule has 0 saturated carbocycles. The molecular weight excluding hydrogens is 73.4 g/mol. The summed E-state index contributed by atoms with van der Waals surface area (Å²) in [6, 6.07) is 0. The largest absolute Gasteiger partial charge is 3.00 e. The number of hydrogen-bond donors (Lipinski definition) is 1. The average molecular weight is 76.4 g/mol. The molecule has 0 aliphatic rings. The zero-order chi connectivity index (χ0) is 0. The second kappa shape index (κ2) is 135. The maximum absolute atomic E-state index is 0. The van der Waals surface area contributed by atoms with Crippen LogP contribution in [-0.2, 0) is 0 Å². The molecule has 0 aliphatic heterocycles. The van der Waals surface area contributed by atoms with Crippen molar-refractivity contribution in [2.45, 2.75) is 0 Å². The van der Waals surface area contributed by atoms with Crippen LogP contribution in [0.4, 0.5) is 0 Å². The van der Waals surface area contributed by atoms with Gasteiger partial charge in [-0.2, -0.15) is 0 Å². The Balaban J connectivity index is 0. The molecule has 3 N–H and O–H groups in total. The Kier molecular flexibility index (Phi) is 7140. The van der Waals surface area contributed by atoms with E-state index in [-0.39, 0.29) is 48.8 Å². The molecule has 0 saturated heterocycles. The van der Waals surface area contributed by atoms with Gasteiger partial charge in [0.2, 0.25) is 0 Å². The van der Waals surface area contributed by atoms with E-state index in [1.165, 1.54) is 0 Å². The standard InChI is InChI=1S/Al.3B.H3N/h;;;;1H3/q+3;3*-1;. The van der Waals surface area contributed by atoms with Crippen molar-refractivity contribution in [3.8, 4) is 0 Å². The molecule has 0 spiro atoms. The third-order valence-electron chi connectivity index (χ3n) is 0. The average Bonchev–Trinajstić information content (AvgIpc) is 0. The van der Waals surface area contributed by atoms with Crippen LogP contribution in [0.3, 0.4) is 0 Å². The van der Waals surface area contributed by atoms with E-state index in [0.717, 1.165) is 0 Å². The Bertz CT molecular complexity index is 6.85. The predicted molar refractivity (Wildman–Crippen MR) is 28.0 cm³/mol. The fraction of sp³-hybridized carbons (Fsp3) is 0. The van der Waals surface area contributed by atoms with Crippen molar-refractivity contribution in [2.75, 3.05) is 0 Å². The number of hydrogen-bond acceptors (Lipinski definition) is 1. The minimum absolute atomic E-state index is 0. The molecule has 0 fully saturated rings. The Hall–Kier alpha value is 0.687. The van der Waals surface area contributed by atoms with Crippen LogP contribution < -0.4 is 6.15 Å². The number of rotatable bonds is 0. The Morgan fingerprint density at radius 1 is 0.600 bits per heavy atom. The van der Waals surface area contributed by atoms with Gasteiger partial charge < -0.3 is 31.4 Å². The van der Waals surface area contributed by atoms with Gasteiger partial charge in [-0.25, -0.2) is 0 Å². The van der Waals surface area contributed by atoms with E-state index in [0.29, 0.717) is 0 Å². The molecule has 0 amide bonds.